The molecule has 0 aliphatic carbocycles. The molecule has 1 aromatic carbocycles. The largest absolute Gasteiger partial charge is 0.480 e. The molecule has 0 saturated carbocycles. The summed E-state index contributed by atoms with van der Waals surface area (Å²) in [5.74, 6) is -3.45. The van der Waals surface area contributed by atoms with E-state index in [0.29, 0.717) is 6.42 Å². The monoisotopic (exact) mass is 519 g/mol. The molecule has 0 saturated heterocycles. The van der Waals surface area contributed by atoms with Gasteiger partial charge in [-0.15, -0.1) is 0 Å². The summed E-state index contributed by atoms with van der Waals surface area (Å²) in [5, 5.41) is 18.1. The van der Waals surface area contributed by atoms with Gasteiger partial charge in [-0.05, 0) is 23.5 Å². The minimum absolute atomic E-state index is 0.0673. The van der Waals surface area contributed by atoms with E-state index in [1.165, 1.54) is 0 Å². The fourth-order valence-electron chi connectivity index (χ4n) is 3.74. The summed E-state index contributed by atoms with van der Waals surface area (Å²) in [4.78, 5) is 53.6. The molecule has 0 bridgehead atoms. The Morgan fingerprint density at radius 2 is 1.61 bits per heavy atom. The van der Waals surface area contributed by atoms with Crippen LogP contribution in [0.15, 0.2) is 30.5 Å². The van der Waals surface area contributed by atoms with Gasteiger partial charge in [-0.3, -0.25) is 14.4 Å². The second-order valence-electron chi connectivity index (χ2n) is 9.35. The highest BCUT2D eigenvalue weighted by molar-refractivity contribution is 7.80. The van der Waals surface area contributed by atoms with Gasteiger partial charge in [-0.1, -0.05) is 52.3 Å². The number of nitrogens with two attached hydrogens (primary N) is 1. The number of aliphatic carboxylic acids is 1. The molecule has 2 rings (SSSR count). The van der Waals surface area contributed by atoms with Gasteiger partial charge < -0.3 is 31.8 Å². The Morgan fingerprint density at radius 1 is 1.00 bits per heavy atom. The van der Waals surface area contributed by atoms with Crippen LogP contribution in [0.4, 0.5) is 0 Å². The fourth-order valence-corrected chi connectivity index (χ4v) is 4.00. The third-order valence-corrected chi connectivity index (χ3v) is 6.70. The third kappa shape index (κ3) is 7.47. The number of benzene rings is 1. The van der Waals surface area contributed by atoms with E-state index in [4.69, 9.17) is 5.73 Å². The van der Waals surface area contributed by atoms with Crippen molar-refractivity contribution >= 4 is 47.2 Å². The van der Waals surface area contributed by atoms with Crippen molar-refractivity contribution in [1.29, 1.82) is 0 Å². The smallest absolute Gasteiger partial charge is 0.326 e. The number of rotatable bonds is 13. The maximum Gasteiger partial charge on any atom is 0.326 e. The van der Waals surface area contributed by atoms with E-state index < -0.39 is 47.9 Å². The molecule has 0 fully saturated rings. The fraction of sp³-hybridized carbons (Fsp3) is 0.520. The van der Waals surface area contributed by atoms with Crippen LogP contribution in [0.2, 0.25) is 0 Å². The number of nitrogens with one attached hydrogen (secondary N) is 4. The molecule has 0 radical (unpaired) electrons. The van der Waals surface area contributed by atoms with Crippen LogP contribution in [0.1, 0.15) is 39.7 Å². The highest BCUT2D eigenvalue weighted by Gasteiger charge is 2.31. The lowest BCUT2D eigenvalue weighted by atomic mass is 9.98. The Balaban J connectivity index is 2.26. The van der Waals surface area contributed by atoms with Gasteiger partial charge in [0.2, 0.25) is 17.7 Å². The number of H-pyrrole nitrogens is 1. The van der Waals surface area contributed by atoms with Gasteiger partial charge in [-0.25, -0.2) is 4.79 Å². The lowest BCUT2D eigenvalue weighted by molar-refractivity contribution is -0.143. The number of carbonyl (C=O) groups excluding carboxylic acids is 3. The average molecular weight is 520 g/mol. The number of carboxylic acid groups (broad SMARTS) is 1. The number of fused-ring (bicyclic) bond motifs is 1. The van der Waals surface area contributed by atoms with Crippen LogP contribution in [-0.2, 0) is 25.6 Å². The molecule has 10 nitrogen and oxygen atoms in total. The van der Waals surface area contributed by atoms with Gasteiger partial charge in [-0.2, -0.15) is 12.6 Å². The van der Waals surface area contributed by atoms with Crippen molar-refractivity contribution in [2.75, 3.05) is 5.75 Å². The van der Waals surface area contributed by atoms with Crippen molar-refractivity contribution in [2.45, 2.75) is 64.7 Å². The summed E-state index contributed by atoms with van der Waals surface area (Å²) in [6.45, 7) is 7.11. The van der Waals surface area contributed by atoms with Crippen LogP contribution in [-0.4, -0.2) is 63.7 Å². The number of hydrogen-bond donors (Lipinski definition) is 7. The molecule has 0 aliphatic heterocycles. The number of para-hydroxylation sites is 1. The zero-order valence-corrected chi connectivity index (χ0v) is 22.0. The normalized spacial score (nSPS) is 15.5. The number of aromatic amines is 1. The van der Waals surface area contributed by atoms with Gasteiger partial charge in [0, 0.05) is 29.3 Å². The van der Waals surface area contributed by atoms with E-state index in [0.717, 1.165) is 16.5 Å². The van der Waals surface area contributed by atoms with Crippen molar-refractivity contribution < 1.29 is 24.3 Å². The minimum atomic E-state index is -1.17. The van der Waals surface area contributed by atoms with E-state index in [1.807, 2.05) is 38.1 Å². The molecule has 11 heteroatoms. The van der Waals surface area contributed by atoms with E-state index >= 15 is 0 Å². The summed E-state index contributed by atoms with van der Waals surface area (Å²) in [7, 11) is 0. The first-order chi connectivity index (χ1) is 17.0. The Morgan fingerprint density at radius 3 is 2.19 bits per heavy atom. The van der Waals surface area contributed by atoms with Gasteiger partial charge in [0.25, 0.3) is 0 Å². The molecule has 1 heterocycles. The Bertz CT molecular complexity index is 1070. The van der Waals surface area contributed by atoms with Crippen LogP contribution in [0.5, 0.6) is 0 Å². The molecule has 5 unspecified atom stereocenters. The topological polar surface area (TPSA) is 166 Å². The van der Waals surface area contributed by atoms with Crippen LogP contribution in [0.25, 0.3) is 10.9 Å². The predicted molar refractivity (Wildman–Crippen MR) is 142 cm³/mol. The summed E-state index contributed by atoms with van der Waals surface area (Å²) >= 11 is 4.17. The second-order valence-corrected chi connectivity index (χ2v) is 9.71. The molecule has 5 atom stereocenters. The molecule has 198 valence electrons. The zero-order chi connectivity index (χ0) is 27.0. The first-order valence-corrected chi connectivity index (χ1v) is 12.7. The van der Waals surface area contributed by atoms with Crippen LogP contribution in [0.3, 0.4) is 0 Å². The van der Waals surface area contributed by atoms with E-state index in [9.17, 15) is 24.3 Å². The SMILES string of the molecule is CCC(C)C(N)C(=O)NC(Cc1c[nH]c2ccccc12)C(=O)NC(CS)C(=O)NC(C(=O)O)C(C)C. The highest BCUT2D eigenvalue weighted by atomic mass is 32.1. The highest BCUT2D eigenvalue weighted by Crippen LogP contribution is 2.19. The number of amides is 3. The van der Waals surface area contributed by atoms with Gasteiger partial charge in [0.05, 0.1) is 6.04 Å². The predicted octanol–water partition coefficient (Wildman–Crippen LogP) is 1.21. The average Bonchev–Trinajstić information content (AvgIpc) is 3.26. The first-order valence-electron chi connectivity index (χ1n) is 12.0. The number of hydrogen-bond acceptors (Lipinski definition) is 6. The molecule has 3 amide bonds. The Kier molecular flexibility index (Phi) is 10.8. The van der Waals surface area contributed by atoms with Crippen molar-refractivity contribution in [3.8, 4) is 0 Å². The number of thiol groups is 1. The summed E-state index contributed by atoms with van der Waals surface area (Å²) in [6, 6.07) is 3.52. The molecule has 0 aliphatic rings. The minimum Gasteiger partial charge on any atom is -0.480 e. The quantitative estimate of drug-likeness (QED) is 0.196. The molecule has 1 aromatic heterocycles. The molecule has 2 aromatic rings. The molecule has 36 heavy (non-hydrogen) atoms. The number of aromatic nitrogens is 1. The van der Waals surface area contributed by atoms with Crippen molar-refractivity contribution in [2.24, 2.45) is 17.6 Å². The molecule has 7 N–H and O–H groups in total. The van der Waals surface area contributed by atoms with Crippen molar-refractivity contribution in [1.82, 2.24) is 20.9 Å². The Hall–Kier alpha value is -3.05. The Labute approximate surface area is 216 Å². The number of carbonyl (C=O) groups is 4. The lowest BCUT2D eigenvalue weighted by Gasteiger charge is -2.26. The molecular weight excluding hydrogens is 482 g/mol. The number of carboxylic acids is 1. The maximum atomic E-state index is 13.3. The van der Waals surface area contributed by atoms with E-state index in [2.05, 4.69) is 33.6 Å². The standard InChI is InChI=1S/C25H37N5O5S/c1-5-14(4)20(26)24(33)28-18(10-15-11-27-17-9-7-6-8-16(15)17)22(31)29-19(12-36)23(32)30-21(13(2)3)25(34)35/h6-9,11,13-14,18-21,27,36H,5,10,12,26H2,1-4H3,(H,28,33)(H,29,31)(H,30,32)(H,34,35). The molecular formula is C25H37N5O5S. The lowest BCUT2D eigenvalue weighted by Crippen LogP contribution is -2.59. The van der Waals surface area contributed by atoms with E-state index in [-0.39, 0.29) is 24.0 Å². The zero-order valence-electron chi connectivity index (χ0n) is 21.1. The summed E-state index contributed by atoms with van der Waals surface area (Å²) < 4.78 is 0. The summed E-state index contributed by atoms with van der Waals surface area (Å²) in [5.41, 5.74) is 7.78. The maximum absolute atomic E-state index is 13.3. The second kappa shape index (κ2) is 13.3. The first kappa shape index (κ1) is 29.2. The van der Waals surface area contributed by atoms with Crippen molar-refractivity contribution in [3.63, 3.8) is 0 Å². The van der Waals surface area contributed by atoms with Crippen LogP contribution < -0.4 is 21.7 Å². The van der Waals surface area contributed by atoms with E-state index in [1.54, 1.807) is 20.0 Å². The van der Waals surface area contributed by atoms with Crippen LogP contribution in [0, 0.1) is 11.8 Å². The van der Waals surface area contributed by atoms with Crippen molar-refractivity contribution in [3.05, 3.63) is 36.0 Å². The molecule has 0 spiro atoms. The van der Waals surface area contributed by atoms with Gasteiger partial charge >= 0.3 is 5.97 Å². The summed E-state index contributed by atoms with van der Waals surface area (Å²) in [6.07, 6.45) is 2.62. The van der Waals surface area contributed by atoms with Gasteiger partial charge in [0.15, 0.2) is 0 Å². The third-order valence-electron chi connectivity index (χ3n) is 6.34. The van der Waals surface area contributed by atoms with Crippen LogP contribution >= 0.6 is 12.6 Å². The van der Waals surface area contributed by atoms with Gasteiger partial charge in [0.1, 0.15) is 18.1 Å².